The fourth-order valence-corrected chi connectivity index (χ4v) is 4.38. The predicted octanol–water partition coefficient (Wildman–Crippen LogP) is 3.99. The Morgan fingerprint density at radius 1 is 1.10 bits per heavy atom. The second-order valence-electron chi connectivity index (χ2n) is 8.59. The van der Waals surface area contributed by atoms with E-state index in [-0.39, 0.29) is 0 Å². The van der Waals surface area contributed by atoms with E-state index < -0.39 is 0 Å². The molecule has 1 saturated heterocycles. The molecule has 3 aliphatic heterocycles. The Hall–Kier alpha value is -2.57. The highest BCUT2D eigenvalue weighted by molar-refractivity contribution is 5.77. The predicted molar refractivity (Wildman–Crippen MR) is 121 cm³/mol. The van der Waals surface area contributed by atoms with Crippen molar-refractivity contribution in [2.24, 2.45) is 0 Å². The van der Waals surface area contributed by atoms with E-state index in [1.54, 1.807) is 0 Å². The van der Waals surface area contributed by atoms with Crippen LogP contribution in [0.2, 0.25) is 0 Å². The van der Waals surface area contributed by atoms with E-state index in [1.165, 1.54) is 23.1 Å². The van der Waals surface area contributed by atoms with Crippen molar-refractivity contribution < 1.29 is 9.47 Å². The van der Waals surface area contributed by atoms with E-state index in [0.29, 0.717) is 6.04 Å². The Morgan fingerprint density at radius 2 is 2.00 bits per heavy atom. The molecule has 1 fully saturated rings. The summed E-state index contributed by atoms with van der Waals surface area (Å²) in [5, 5.41) is 7.07. The first-order valence-electron chi connectivity index (χ1n) is 10.9. The Labute approximate surface area is 178 Å². The molecular formula is C24H30N4O2. The van der Waals surface area contributed by atoms with Crippen LogP contribution in [0, 0.1) is 6.92 Å². The Balaban J connectivity index is 1.44. The lowest BCUT2D eigenvalue weighted by molar-refractivity contribution is 0.0211. The number of fused-ring (bicyclic) bond motifs is 1. The SMILES string of the molecule is Cc1cc(NC2COC2)cc(Nc2cc3c(c(C4=CCN(C)CCC4)c2)OCC3)n1. The van der Waals surface area contributed by atoms with Crippen LogP contribution < -0.4 is 15.4 Å². The van der Waals surface area contributed by atoms with Gasteiger partial charge in [-0.1, -0.05) is 6.08 Å². The van der Waals surface area contributed by atoms with Crippen molar-refractivity contribution in [3.8, 4) is 5.75 Å². The van der Waals surface area contributed by atoms with Crippen LogP contribution in [-0.2, 0) is 11.2 Å². The van der Waals surface area contributed by atoms with Gasteiger partial charge in [0.15, 0.2) is 0 Å². The van der Waals surface area contributed by atoms with Gasteiger partial charge in [-0.25, -0.2) is 4.98 Å². The minimum atomic E-state index is 0.392. The van der Waals surface area contributed by atoms with E-state index in [1.807, 2.05) is 6.92 Å². The van der Waals surface area contributed by atoms with Crippen LogP contribution >= 0.6 is 0 Å². The second kappa shape index (κ2) is 8.28. The maximum Gasteiger partial charge on any atom is 0.132 e. The van der Waals surface area contributed by atoms with Gasteiger partial charge < -0.3 is 25.0 Å². The van der Waals surface area contributed by atoms with E-state index in [2.05, 4.69) is 52.9 Å². The molecule has 6 nitrogen and oxygen atoms in total. The quantitative estimate of drug-likeness (QED) is 0.783. The van der Waals surface area contributed by atoms with Crippen LogP contribution in [0.4, 0.5) is 17.2 Å². The third kappa shape index (κ3) is 4.16. The molecule has 2 N–H and O–H groups in total. The summed E-state index contributed by atoms with van der Waals surface area (Å²) in [4.78, 5) is 7.08. The lowest BCUT2D eigenvalue weighted by Gasteiger charge is -2.28. The number of hydrogen-bond donors (Lipinski definition) is 2. The molecule has 0 radical (unpaired) electrons. The molecule has 30 heavy (non-hydrogen) atoms. The average Bonchev–Trinajstić information content (AvgIpc) is 3.04. The summed E-state index contributed by atoms with van der Waals surface area (Å²) < 4.78 is 11.3. The number of pyridine rings is 1. The van der Waals surface area contributed by atoms with Gasteiger partial charge >= 0.3 is 0 Å². The number of aryl methyl sites for hydroxylation is 1. The zero-order chi connectivity index (χ0) is 20.5. The van der Waals surface area contributed by atoms with Gasteiger partial charge in [0.25, 0.3) is 0 Å². The van der Waals surface area contributed by atoms with Gasteiger partial charge in [0, 0.05) is 47.2 Å². The van der Waals surface area contributed by atoms with Crippen molar-refractivity contribution in [2.75, 3.05) is 50.6 Å². The summed E-state index contributed by atoms with van der Waals surface area (Å²) in [6, 6.07) is 9.00. The lowest BCUT2D eigenvalue weighted by atomic mass is 9.97. The van der Waals surface area contributed by atoms with Gasteiger partial charge in [-0.15, -0.1) is 0 Å². The van der Waals surface area contributed by atoms with E-state index in [9.17, 15) is 0 Å². The number of nitrogens with zero attached hydrogens (tertiary/aromatic N) is 2. The highest BCUT2D eigenvalue weighted by atomic mass is 16.5. The number of nitrogens with one attached hydrogen (secondary N) is 2. The first-order chi connectivity index (χ1) is 14.6. The number of rotatable bonds is 5. The maximum atomic E-state index is 6.04. The van der Waals surface area contributed by atoms with Crippen molar-refractivity contribution in [1.82, 2.24) is 9.88 Å². The summed E-state index contributed by atoms with van der Waals surface area (Å²) in [7, 11) is 2.18. The highest BCUT2D eigenvalue weighted by Gasteiger charge is 2.22. The fraction of sp³-hybridized carbons (Fsp3) is 0.458. The third-order valence-corrected chi connectivity index (χ3v) is 6.00. The number of anilines is 3. The Bertz CT molecular complexity index is 968. The third-order valence-electron chi connectivity index (χ3n) is 6.00. The largest absolute Gasteiger partial charge is 0.492 e. The molecule has 4 heterocycles. The number of aromatic nitrogens is 1. The molecule has 5 rings (SSSR count). The molecule has 0 aliphatic carbocycles. The molecule has 0 saturated carbocycles. The number of ether oxygens (including phenoxy) is 2. The van der Waals surface area contributed by atoms with Crippen molar-refractivity contribution in [3.63, 3.8) is 0 Å². The molecular weight excluding hydrogens is 376 g/mol. The van der Waals surface area contributed by atoms with Crippen LogP contribution in [0.1, 0.15) is 29.7 Å². The van der Waals surface area contributed by atoms with Gasteiger partial charge in [-0.2, -0.15) is 0 Å². The highest BCUT2D eigenvalue weighted by Crippen LogP contribution is 2.39. The summed E-state index contributed by atoms with van der Waals surface area (Å²) in [5.74, 6) is 1.93. The average molecular weight is 407 g/mol. The van der Waals surface area contributed by atoms with Crippen molar-refractivity contribution in [1.29, 1.82) is 0 Å². The zero-order valence-corrected chi connectivity index (χ0v) is 17.8. The van der Waals surface area contributed by atoms with E-state index >= 15 is 0 Å². The van der Waals surface area contributed by atoms with E-state index in [4.69, 9.17) is 14.5 Å². The van der Waals surface area contributed by atoms with Crippen LogP contribution in [0.15, 0.2) is 30.3 Å². The van der Waals surface area contributed by atoms with Crippen molar-refractivity contribution in [2.45, 2.75) is 32.2 Å². The van der Waals surface area contributed by atoms with Crippen LogP contribution in [0.5, 0.6) is 5.75 Å². The summed E-state index contributed by atoms with van der Waals surface area (Å²) in [6.07, 6.45) is 5.58. The number of benzene rings is 1. The molecule has 3 aliphatic rings. The Morgan fingerprint density at radius 3 is 2.83 bits per heavy atom. The van der Waals surface area contributed by atoms with Crippen LogP contribution in [0.3, 0.4) is 0 Å². The molecule has 0 unspecified atom stereocenters. The first kappa shape index (κ1) is 19.4. The molecule has 0 spiro atoms. The van der Waals surface area contributed by atoms with Gasteiger partial charge in [0.1, 0.15) is 11.6 Å². The maximum absolute atomic E-state index is 6.04. The minimum Gasteiger partial charge on any atom is -0.492 e. The zero-order valence-electron chi connectivity index (χ0n) is 17.8. The number of hydrogen-bond acceptors (Lipinski definition) is 6. The standard InChI is InChI=1S/C24H30N4O2/c1-16-10-19(26-21-14-29-15-21)13-23(25-16)27-20-11-18-6-9-30-24(18)22(12-20)17-4-3-7-28(2)8-5-17/h5,10-13,21H,3-4,6-9,14-15H2,1-2H3,(H2,25,26,27). The summed E-state index contributed by atoms with van der Waals surface area (Å²) in [5.41, 5.74) is 7.06. The molecule has 0 bridgehead atoms. The normalized spacial score (nSPS) is 19.3. The monoisotopic (exact) mass is 406 g/mol. The summed E-state index contributed by atoms with van der Waals surface area (Å²) in [6.45, 7) is 6.45. The topological polar surface area (TPSA) is 58.7 Å². The first-order valence-corrected chi connectivity index (χ1v) is 10.9. The molecule has 6 heteroatoms. The molecule has 0 amide bonds. The van der Waals surface area contributed by atoms with Crippen LogP contribution in [-0.4, -0.2) is 55.9 Å². The smallest absolute Gasteiger partial charge is 0.132 e. The molecule has 1 aromatic heterocycles. The fourth-order valence-electron chi connectivity index (χ4n) is 4.38. The second-order valence-corrected chi connectivity index (χ2v) is 8.59. The van der Waals surface area contributed by atoms with E-state index in [0.717, 1.165) is 74.4 Å². The molecule has 2 aromatic rings. The lowest BCUT2D eigenvalue weighted by Crippen LogP contribution is -2.40. The van der Waals surface area contributed by atoms with Gasteiger partial charge in [0.2, 0.25) is 0 Å². The van der Waals surface area contributed by atoms with Gasteiger partial charge in [0.05, 0.1) is 25.9 Å². The van der Waals surface area contributed by atoms with Crippen molar-refractivity contribution >= 4 is 22.8 Å². The van der Waals surface area contributed by atoms with Gasteiger partial charge in [-0.3, -0.25) is 0 Å². The van der Waals surface area contributed by atoms with Crippen LogP contribution in [0.25, 0.3) is 5.57 Å². The minimum absolute atomic E-state index is 0.392. The summed E-state index contributed by atoms with van der Waals surface area (Å²) >= 11 is 0. The number of likely N-dealkylation sites (N-methyl/N-ethyl adjacent to an activating group) is 1. The molecule has 1 aromatic carbocycles. The Kier molecular flexibility index (Phi) is 5.35. The molecule has 0 atom stereocenters. The number of allylic oxidation sites excluding steroid dienone is 1. The molecule has 158 valence electrons. The van der Waals surface area contributed by atoms with Crippen molar-refractivity contribution in [3.05, 3.63) is 47.2 Å². The van der Waals surface area contributed by atoms with Gasteiger partial charge in [-0.05, 0) is 57.1 Å².